The van der Waals surface area contributed by atoms with Gasteiger partial charge in [-0.05, 0) is 55.9 Å². The van der Waals surface area contributed by atoms with Crippen molar-refractivity contribution in [2.24, 2.45) is 5.92 Å². The van der Waals surface area contributed by atoms with Crippen LogP contribution in [-0.4, -0.2) is 19.1 Å². The highest BCUT2D eigenvalue weighted by atomic mass is 35.5. The smallest absolute Gasteiger partial charge is 0.224 e. The lowest BCUT2D eigenvalue weighted by atomic mass is 9.95. The summed E-state index contributed by atoms with van der Waals surface area (Å²) in [5, 5.41) is 3.64. The molecule has 104 valence electrons. The molecule has 0 aliphatic carbocycles. The third-order valence-corrected chi connectivity index (χ3v) is 3.82. The fourth-order valence-corrected chi connectivity index (χ4v) is 2.58. The van der Waals surface area contributed by atoms with Gasteiger partial charge in [-0.2, -0.15) is 0 Å². The molecule has 1 fully saturated rings. The van der Waals surface area contributed by atoms with E-state index in [9.17, 15) is 4.79 Å². The molecule has 1 aliphatic rings. The SMILES string of the molecule is Cc1cc(Cl)ccc1NC(=O)CCC1CCOCC1. The van der Waals surface area contributed by atoms with Gasteiger partial charge in [-0.1, -0.05) is 11.6 Å². The Balaban J connectivity index is 1.80. The molecule has 0 atom stereocenters. The molecule has 0 aromatic heterocycles. The molecule has 1 aromatic carbocycles. The minimum absolute atomic E-state index is 0.0805. The maximum Gasteiger partial charge on any atom is 0.224 e. The van der Waals surface area contributed by atoms with Crippen molar-refractivity contribution in [3.63, 3.8) is 0 Å². The predicted molar refractivity (Wildman–Crippen MR) is 77.6 cm³/mol. The summed E-state index contributed by atoms with van der Waals surface area (Å²) in [4.78, 5) is 11.9. The Bertz CT molecular complexity index is 442. The number of nitrogens with one attached hydrogen (secondary N) is 1. The van der Waals surface area contributed by atoms with Gasteiger partial charge >= 0.3 is 0 Å². The van der Waals surface area contributed by atoms with E-state index in [-0.39, 0.29) is 5.91 Å². The summed E-state index contributed by atoms with van der Waals surface area (Å²) in [5.74, 6) is 0.711. The number of amides is 1. The first-order valence-corrected chi connectivity index (χ1v) is 7.16. The highest BCUT2D eigenvalue weighted by Crippen LogP contribution is 2.22. The largest absolute Gasteiger partial charge is 0.381 e. The van der Waals surface area contributed by atoms with Gasteiger partial charge in [0.15, 0.2) is 0 Å². The lowest BCUT2D eigenvalue weighted by Gasteiger charge is -2.21. The standard InChI is InChI=1S/C15H20ClNO2/c1-11-10-13(16)3-4-14(11)17-15(18)5-2-12-6-8-19-9-7-12/h3-4,10,12H,2,5-9H2,1H3,(H,17,18). The maximum absolute atomic E-state index is 11.9. The van der Waals surface area contributed by atoms with Crippen LogP contribution in [0.4, 0.5) is 5.69 Å². The average molecular weight is 282 g/mol. The van der Waals surface area contributed by atoms with Gasteiger partial charge in [0, 0.05) is 30.3 Å². The molecule has 0 unspecified atom stereocenters. The number of hydrogen-bond acceptors (Lipinski definition) is 2. The van der Waals surface area contributed by atoms with Crippen LogP contribution in [0.2, 0.25) is 5.02 Å². The Morgan fingerprint density at radius 3 is 2.84 bits per heavy atom. The Hall–Kier alpha value is -1.06. The van der Waals surface area contributed by atoms with E-state index < -0.39 is 0 Å². The van der Waals surface area contributed by atoms with Gasteiger partial charge in [-0.3, -0.25) is 4.79 Å². The second-order valence-electron chi connectivity index (χ2n) is 5.10. The van der Waals surface area contributed by atoms with E-state index in [1.165, 1.54) is 0 Å². The molecule has 0 saturated carbocycles. The molecule has 1 N–H and O–H groups in total. The van der Waals surface area contributed by atoms with E-state index in [0.29, 0.717) is 17.4 Å². The van der Waals surface area contributed by atoms with E-state index in [1.807, 2.05) is 19.1 Å². The van der Waals surface area contributed by atoms with Crippen molar-refractivity contribution >= 4 is 23.2 Å². The molecule has 19 heavy (non-hydrogen) atoms. The molecule has 0 spiro atoms. The Morgan fingerprint density at radius 2 is 2.16 bits per heavy atom. The molecular weight excluding hydrogens is 262 g/mol. The first kappa shape index (κ1) is 14.4. The maximum atomic E-state index is 11.9. The monoisotopic (exact) mass is 281 g/mol. The lowest BCUT2D eigenvalue weighted by molar-refractivity contribution is -0.116. The molecule has 1 amide bonds. The van der Waals surface area contributed by atoms with Crippen LogP contribution in [0.5, 0.6) is 0 Å². The van der Waals surface area contributed by atoms with Gasteiger partial charge in [0.2, 0.25) is 5.91 Å². The van der Waals surface area contributed by atoms with Crippen molar-refractivity contribution in [1.82, 2.24) is 0 Å². The van der Waals surface area contributed by atoms with Crippen LogP contribution >= 0.6 is 11.6 Å². The van der Waals surface area contributed by atoms with Crippen LogP contribution in [0.15, 0.2) is 18.2 Å². The number of ether oxygens (including phenoxy) is 1. The first-order valence-electron chi connectivity index (χ1n) is 6.79. The van der Waals surface area contributed by atoms with Crippen LogP contribution in [0, 0.1) is 12.8 Å². The third-order valence-electron chi connectivity index (χ3n) is 3.58. The van der Waals surface area contributed by atoms with Gasteiger partial charge in [0.25, 0.3) is 0 Å². The van der Waals surface area contributed by atoms with Crippen LogP contribution in [0.25, 0.3) is 0 Å². The van der Waals surface area contributed by atoms with Gasteiger partial charge in [0.05, 0.1) is 0 Å². The summed E-state index contributed by atoms with van der Waals surface area (Å²) in [6.07, 6.45) is 3.68. The van der Waals surface area contributed by atoms with Gasteiger partial charge in [0.1, 0.15) is 0 Å². The summed E-state index contributed by atoms with van der Waals surface area (Å²) < 4.78 is 5.32. The molecule has 4 heteroatoms. The van der Waals surface area contributed by atoms with Crippen molar-refractivity contribution < 1.29 is 9.53 Å². The molecule has 1 saturated heterocycles. The average Bonchev–Trinajstić information content (AvgIpc) is 2.41. The number of halogens is 1. The lowest BCUT2D eigenvalue weighted by Crippen LogP contribution is -2.19. The van der Waals surface area contributed by atoms with Gasteiger partial charge in [-0.15, -0.1) is 0 Å². The fourth-order valence-electron chi connectivity index (χ4n) is 2.35. The third kappa shape index (κ3) is 4.51. The summed E-state index contributed by atoms with van der Waals surface area (Å²) >= 11 is 5.89. The molecular formula is C15H20ClNO2. The number of rotatable bonds is 4. The molecule has 3 nitrogen and oxygen atoms in total. The topological polar surface area (TPSA) is 38.3 Å². The number of hydrogen-bond donors (Lipinski definition) is 1. The predicted octanol–water partition coefficient (Wildman–Crippen LogP) is 3.79. The van der Waals surface area contributed by atoms with E-state index in [4.69, 9.17) is 16.3 Å². The summed E-state index contributed by atoms with van der Waals surface area (Å²) in [5.41, 5.74) is 1.84. The van der Waals surface area contributed by atoms with Gasteiger partial charge < -0.3 is 10.1 Å². The Morgan fingerprint density at radius 1 is 1.42 bits per heavy atom. The zero-order valence-electron chi connectivity index (χ0n) is 11.2. The first-order chi connectivity index (χ1) is 9.15. The van der Waals surface area contributed by atoms with Crippen LogP contribution in [0.3, 0.4) is 0 Å². The van der Waals surface area contributed by atoms with Crippen molar-refractivity contribution in [2.45, 2.75) is 32.6 Å². The molecule has 2 rings (SSSR count). The van der Waals surface area contributed by atoms with E-state index in [1.54, 1.807) is 6.07 Å². The molecule has 1 heterocycles. The highest BCUT2D eigenvalue weighted by molar-refractivity contribution is 6.30. The number of carbonyl (C=O) groups excluding carboxylic acids is 1. The highest BCUT2D eigenvalue weighted by Gasteiger charge is 2.15. The molecule has 1 aliphatic heterocycles. The van der Waals surface area contributed by atoms with Crippen molar-refractivity contribution in [3.05, 3.63) is 28.8 Å². The second-order valence-corrected chi connectivity index (χ2v) is 5.54. The van der Waals surface area contributed by atoms with Gasteiger partial charge in [-0.25, -0.2) is 0 Å². The summed E-state index contributed by atoms with van der Waals surface area (Å²) in [6, 6.07) is 5.50. The van der Waals surface area contributed by atoms with Crippen LogP contribution < -0.4 is 5.32 Å². The Kier molecular flexibility index (Phi) is 5.23. The Labute approximate surface area is 119 Å². The normalized spacial score (nSPS) is 16.3. The van der Waals surface area contributed by atoms with Crippen LogP contribution in [0.1, 0.15) is 31.2 Å². The van der Waals surface area contributed by atoms with E-state index >= 15 is 0 Å². The summed E-state index contributed by atoms with van der Waals surface area (Å²) in [6.45, 7) is 3.62. The van der Waals surface area contributed by atoms with Crippen molar-refractivity contribution in [2.75, 3.05) is 18.5 Å². The fraction of sp³-hybridized carbons (Fsp3) is 0.533. The number of benzene rings is 1. The zero-order chi connectivity index (χ0) is 13.7. The number of carbonyl (C=O) groups is 1. The van der Waals surface area contributed by atoms with E-state index in [0.717, 1.165) is 43.7 Å². The zero-order valence-corrected chi connectivity index (χ0v) is 12.0. The second kappa shape index (κ2) is 6.92. The minimum atomic E-state index is 0.0805. The number of anilines is 1. The van der Waals surface area contributed by atoms with Crippen molar-refractivity contribution in [1.29, 1.82) is 0 Å². The quantitative estimate of drug-likeness (QED) is 0.912. The number of aryl methyl sites for hydroxylation is 1. The summed E-state index contributed by atoms with van der Waals surface area (Å²) in [7, 11) is 0. The minimum Gasteiger partial charge on any atom is -0.381 e. The molecule has 0 bridgehead atoms. The molecule has 1 aromatic rings. The van der Waals surface area contributed by atoms with Crippen molar-refractivity contribution in [3.8, 4) is 0 Å². The van der Waals surface area contributed by atoms with E-state index in [2.05, 4.69) is 5.32 Å². The van der Waals surface area contributed by atoms with Crippen LogP contribution in [-0.2, 0) is 9.53 Å². The molecule has 0 radical (unpaired) electrons.